The topological polar surface area (TPSA) is 64.5 Å². The molecule has 1 saturated heterocycles. The molecule has 1 unspecified atom stereocenters. The Kier molecular flexibility index (Phi) is 5.36. The van der Waals surface area contributed by atoms with E-state index in [9.17, 15) is 4.79 Å². The Morgan fingerprint density at radius 2 is 2.29 bits per heavy atom. The van der Waals surface area contributed by atoms with Gasteiger partial charge in [0.2, 0.25) is 11.8 Å². The zero-order valence-corrected chi connectivity index (χ0v) is 13.0. The SMILES string of the molecule is CCCOc1cc(C)nc(N2CCCC(C(=O)OC)C2)n1. The molecule has 0 bridgehead atoms. The highest BCUT2D eigenvalue weighted by molar-refractivity contribution is 5.73. The van der Waals surface area contributed by atoms with Crippen molar-refractivity contribution in [3.05, 3.63) is 11.8 Å². The van der Waals surface area contributed by atoms with Crippen LogP contribution in [-0.2, 0) is 9.53 Å². The van der Waals surface area contributed by atoms with Gasteiger partial charge in [-0.2, -0.15) is 4.98 Å². The number of aromatic nitrogens is 2. The molecule has 1 atom stereocenters. The average molecular weight is 293 g/mol. The smallest absolute Gasteiger partial charge is 0.310 e. The summed E-state index contributed by atoms with van der Waals surface area (Å²) < 4.78 is 10.4. The Hall–Kier alpha value is -1.85. The van der Waals surface area contributed by atoms with Gasteiger partial charge in [0.15, 0.2) is 0 Å². The minimum Gasteiger partial charge on any atom is -0.478 e. The van der Waals surface area contributed by atoms with Crippen molar-refractivity contribution in [1.29, 1.82) is 0 Å². The highest BCUT2D eigenvalue weighted by Gasteiger charge is 2.28. The van der Waals surface area contributed by atoms with Crippen LogP contribution in [0.2, 0.25) is 0 Å². The highest BCUT2D eigenvalue weighted by Crippen LogP contribution is 2.23. The number of rotatable bonds is 5. The molecule has 116 valence electrons. The minimum atomic E-state index is -0.158. The van der Waals surface area contributed by atoms with Gasteiger partial charge in [-0.05, 0) is 26.2 Å². The van der Waals surface area contributed by atoms with Crippen LogP contribution in [0.3, 0.4) is 0 Å². The number of ether oxygens (including phenoxy) is 2. The number of anilines is 1. The summed E-state index contributed by atoms with van der Waals surface area (Å²) in [5.41, 5.74) is 0.867. The summed E-state index contributed by atoms with van der Waals surface area (Å²) in [7, 11) is 1.43. The standard InChI is InChI=1S/C15H23N3O3/c1-4-8-21-13-9-11(2)16-15(17-13)18-7-5-6-12(10-18)14(19)20-3/h9,12H,4-8,10H2,1-3H3. The van der Waals surface area contributed by atoms with Crippen molar-refractivity contribution >= 4 is 11.9 Å². The number of esters is 1. The summed E-state index contributed by atoms with van der Waals surface area (Å²) >= 11 is 0. The van der Waals surface area contributed by atoms with E-state index in [-0.39, 0.29) is 11.9 Å². The van der Waals surface area contributed by atoms with Gasteiger partial charge in [0.1, 0.15) is 0 Å². The molecular weight excluding hydrogens is 270 g/mol. The highest BCUT2D eigenvalue weighted by atomic mass is 16.5. The summed E-state index contributed by atoms with van der Waals surface area (Å²) in [4.78, 5) is 22.7. The van der Waals surface area contributed by atoms with Crippen LogP contribution in [0.1, 0.15) is 31.9 Å². The molecular formula is C15H23N3O3. The van der Waals surface area contributed by atoms with Crippen molar-refractivity contribution in [3.63, 3.8) is 0 Å². The Morgan fingerprint density at radius 1 is 1.48 bits per heavy atom. The second-order valence-corrected chi connectivity index (χ2v) is 5.30. The summed E-state index contributed by atoms with van der Waals surface area (Å²) in [5, 5.41) is 0. The van der Waals surface area contributed by atoms with Crippen LogP contribution in [0.15, 0.2) is 6.07 Å². The lowest BCUT2D eigenvalue weighted by Crippen LogP contribution is -2.40. The van der Waals surface area contributed by atoms with Crippen molar-refractivity contribution < 1.29 is 14.3 Å². The first-order chi connectivity index (χ1) is 10.1. The molecule has 0 saturated carbocycles. The molecule has 2 rings (SSSR count). The zero-order chi connectivity index (χ0) is 15.2. The van der Waals surface area contributed by atoms with Gasteiger partial charge in [0.25, 0.3) is 0 Å². The van der Waals surface area contributed by atoms with Crippen LogP contribution in [0.5, 0.6) is 5.88 Å². The fourth-order valence-electron chi connectivity index (χ4n) is 2.46. The van der Waals surface area contributed by atoms with E-state index in [4.69, 9.17) is 9.47 Å². The van der Waals surface area contributed by atoms with Crippen LogP contribution in [-0.4, -0.2) is 42.7 Å². The molecule has 1 fully saturated rings. The van der Waals surface area contributed by atoms with Crippen molar-refractivity contribution in [2.24, 2.45) is 5.92 Å². The largest absolute Gasteiger partial charge is 0.478 e. The maximum absolute atomic E-state index is 11.7. The summed E-state index contributed by atoms with van der Waals surface area (Å²) in [6.45, 7) is 6.07. The van der Waals surface area contributed by atoms with Crippen LogP contribution < -0.4 is 9.64 Å². The third-order valence-corrected chi connectivity index (χ3v) is 3.51. The maximum Gasteiger partial charge on any atom is 0.310 e. The second-order valence-electron chi connectivity index (χ2n) is 5.30. The predicted octanol–water partition coefficient (Wildman–Crippen LogP) is 1.96. The van der Waals surface area contributed by atoms with Crippen molar-refractivity contribution in [1.82, 2.24) is 9.97 Å². The molecule has 6 heteroatoms. The van der Waals surface area contributed by atoms with Crippen LogP contribution in [0.25, 0.3) is 0 Å². The number of aryl methyl sites for hydroxylation is 1. The molecule has 0 spiro atoms. The fraction of sp³-hybridized carbons (Fsp3) is 0.667. The van der Waals surface area contributed by atoms with E-state index in [0.29, 0.717) is 25.0 Å². The maximum atomic E-state index is 11.7. The van der Waals surface area contributed by atoms with Gasteiger partial charge < -0.3 is 14.4 Å². The number of methoxy groups -OCH3 is 1. The van der Waals surface area contributed by atoms with Gasteiger partial charge in [0, 0.05) is 24.8 Å². The molecule has 21 heavy (non-hydrogen) atoms. The molecule has 1 aliphatic rings. The Morgan fingerprint density at radius 3 is 3.00 bits per heavy atom. The molecule has 0 N–H and O–H groups in total. The van der Waals surface area contributed by atoms with Gasteiger partial charge in [-0.15, -0.1) is 0 Å². The van der Waals surface area contributed by atoms with Crippen molar-refractivity contribution in [2.75, 3.05) is 31.7 Å². The molecule has 0 aliphatic carbocycles. The second kappa shape index (κ2) is 7.24. The van der Waals surface area contributed by atoms with E-state index >= 15 is 0 Å². The Bertz CT molecular complexity index is 493. The number of piperidine rings is 1. The van der Waals surface area contributed by atoms with Crippen LogP contribution in [0.4, 0.5) is 5.95 Å². The Balaban J connectivity index is 2.12. The van der Waals surface area contributed by atoms with Gasteiger partial charge >= 0.3 is 5.97 Å². The number of hydrogen-bond acceptors (Lipinski definition) is 6. The Labute approximate surface area is 125 Å². The third-order valence-electron chi connectivity index (χ3n) is 3.51. The lowest BCUT2D eigenvalue weighted by Gasteiger charge is -2.31. The average Bonchev–Trinajstić information content (AvgIpc) is 2.51. The van der Waals surface area contributed by atoms with E-state index in [1.807, 2.05) is 17.9 Å². The monoisotopic (exact) mass is 293 g/mol. The summed E-state index contributed by atoms with van der Waals surface area (Å²) in [6.07, 6.45) is 2.73. The van der Waals surface area contributed by atoms with Gasteiger partial charge in [0.05, 0.1) is 19.6 Å². The fourth-order valence-corrected chi connectivity index (χ4v) is 2.46. The molecule has 0 aromatic carbocycles. The van der Waals surface area contributed by atoms with Gasteiger partial charge in [-0.1, -0.05) is 6.92 Å². The normalized spacial score (nSPS) is 18.4. The zero-order valence-electron chi connectivity index (χ0n) is 13.0. The van der Waals surface area contributed by atoms with Crippen LogP contribution in [0, 0.1) is 12.8 Å². The first kappa shape index (κ1) is 15.5. The quantitative estimate of drug-likeness (QED) is 0.773. The van der Waals surface area contributed by atoms with Crippen molar-refractivity contribution in [3.8, 4) is 5.88 Å². The van der Waals surface area contributed by atoms with E-state index in [2.05, 4.69) is 16.9 Å². The third kappa shape index (κ3) is 4.06. The van der Waals surface area contributed by atoms with Gasteiger partial charge in [-0.3, -0.25) is 4.79 Å². The van der Waals surface area contributed by atoms with E-state index in [1.165, 1.54) is 7.11 Å². The van der Waals surface area contributed by atoms with E-state index in [1.54, 1.807) is 0 Å². The number of hydrogen-bond donors (Lipinski definition) is 0. The molecule has 0 amide bonds. The molecule has 1 aliphatic heterocycles. The lowest BCUT2D eigenvalue weighted by molar-refractivity contribution is -0.145. The van der Waals surface area contributed by atoms with E-state index < -0.39 is 0 Å². The minimum absolute atomic E-state index is 0.104. The van der Waals surface area contributed by atoms with Crippen molar-refractivity contribution in [2.45, 2.75) is 33.1 Å². The molecule has 2 heterocycles. The molecule has 6 nitrogen and oxygen atoms in total. The molecule has 0 radical (unpaired) electrons. The van der Waals surface area contributed by atoms with Gasteiger partial charge in [-0.25, -0.2) is 4.98 Å². The summed E-state index contributed by atoms with van der Waals surface area (Å²) in [5.74, 6) is 0.969. The number of carbonyl (C=O) groups excluding carboxylic acids is 1. The molecule has 1 aromatic rings. The number of nitrogens with zero attached hydrogens (tertiary/aromatic N) is 3. The lowest BCUT2D eigenvalue weighted by atomic mass is 9.98. The summed E-state index contributed by atoms with van der Waals surface area (Å²) in [6, 6.07) is 1.83. The van der Waals surface area contributed by atoms with E-state index in [0.717, 1.165) is 31.5 Å². The van der Waals surface area contributed by atoms with Crippen LogP contribution >= 0.6 is 0 Å². The first-order valence-corrected chi connectivity index (χ1v) is 7.45. The molecule has 1 aromatic heterocycles. The first-order valence-electron chi connectivity index (χ1n) is 7.45. The predicted molar refractivity (Wildman–Crippen MR) is 79.5 cm³/mol. The number of carbonyl (C=O) groups is 1.